The lowest BCUT2D eigenvalue weighted by molar-refractivity contribution is -0.117. The molecule has 0 aliphatic carbocycles. The van der Waals surface area contributed by atoms with E-state index in [0.29, 0.717) is 42.8 Å². The molecular formula is C23H25N3O4. The van der Waals surface area contributed by atoms with Crippen LogP contribution in [0.2, 0.25) is 0 Å². The first kappa shape index (κ1) is 19.9. The van der Waals surface area contributed by atoms with Gasteiger partial charge in [0.05, 0.1) is 19.6 Å². The Morgan fingerprint density at radius 3 is 2.80 bits per heavy atom. The van der Waals surface area contributed by atoms with Gasteiger partial charge in [0.25, 0.3) is 0 Å². The van der Waals surface area contributed by atoms with Crippen LogP contribution in [0.15, 0.2) is 40.9 Å². The normalized spacial score (nSPS) is 16.2. The van der Waals surface area contributed by atoms with E-state index in [9.17, 15) is 4.79 Å². The molecule has 4 rings (SSSR count). The first-order valence-electron chi connectivity index (χ1n) is 10.0. The van der Waals surface area contributed by atoms with Crippen molar-refractivity contribution in [3.63, 3.8) is 0 Å². The maximum Gasteiger partial charge on any atom is 0.232 e. The lowest BCUT2D eigenvalue weighted by atomic mass is 10.1. The number of anilines is 1. The Morgan fingerprint density at radius 1 is 1.20 bits per heavy atom. The highest BCUT2D eigenvalue weighted by Crippen LogP contribution is 2.35. The van der Waals surface area contributed by atoms with Crippen LogP contribution in [0.1, 0.15) is 36.3 Å². The second kappa shape index (κ2) is 8.18. The van der Waals surface area contributed by atoms with Gasteiger partial charge in [-0.2, -0.15) is 4.98 Å². The minimum atomic E-state index is -0.136. The molecule has 1 aromatic heterocycles. The Balaban J connectivity index is 1.56. The van der Waals surface area contributed by atoms with E-state index in [1.54, 1.807) is 7.11 Å². The van der Waals surface area contributed by atoms with Crippen molar-refractivity contribution >= 4 is 11.6 Å². The van der Waals surface area contributed by atoms with Crippen molar-refractivity contribution in [1.29, 1.82) is 0 Å². The fraction of sp³-hybridized carbons (Fsp3) is 0.348. The van der Waals surface area contributed by atoms with E-state index >= 15 is 0 Å². The summed E-state index contributed by atoms with van der Waals surface area (Å²) in [6, 6.07) is 11.5. The van der Waals surface area contributed by atoms with Gasteiger partial charge in [0, 0.05) is 24.2 Å². The molecule has 3 aromatic rings. The maximum atomic E-state index is 12.7. The lowest BCUT2D eigenvalue weighted by Gasteiger charge is -2.19. The monoisotopic (exact) mass is 407 g/mol. The third-order valence-corrected chi connectivity index (χ3v) is 5.50. The fourth-order valence-electron chi connectivity index (χ4n) is 3.73. The first-order valence-corrected chi connectivity index (χ1v) is 10.0. The summed E-state index contributed by atoms with van der Waals surface area (Å²) in [6.07, 6.45) is 0.349. The van der Waals surface area contributed by atoms with Crippen molar-refractivity contribution in [2.75, 3.05) is 25.2 Å². The van der Waals surface area contributed by atoms with E-state index in [1.165, 1.54) is 0 Å². The van der Waals surface area contributed by atoms with Crippen molar-refractivity contribution in [2.24, 2.45) is 0 Å². The van der Waals surface area contributed by atoms with Crippen LogP contribution in [0.4, 0.5) is 5.69 Å². The summed E-state index contributed by atoms with van der Waals surface area (Å²) in [5, 5.41) is 4.12. The summed E-state index contributed by atoms with van der Waals surface area (Å²) >= 11 is 0. The van der Waals surface area contributed by atoms with Crippen LogP contribution in [0.5, 0.6) is 11.5 Å². The average Bonchev–Trinajstić information content (AvgIpc) is 3.38. The van der Waals surface area contributed by atoms with Gasteiger partial charge in [-0.1, -0.05) is 17.3 Å². The van der Waals surface area contributed by atoms with Crippen LogP contribution >= 0.6 is 0 Å². The molecule has 0 radical (unpaired) electrons. The van der Waals surface area contributed by atoms with E-state index in [4.69, 9.17) is 14.0 Å². The molecule has 1 fully saturated rings. The van der Waals surface area contributed by atoms with Crippen molar-refractivity contribution in [2.45, 2.75) is 33.1 Å². The molecular weight excluding hydrogens is 382 g/mol. The van der Waals surface area contributed by atoms with Gasteiger partial charge in [-0.15, -0.1) is 0 Å². The number of aryl methyl sites for hydroxylation is 1. The number of aromatic nitrogens is 2. The first-order chi connectivity index (χ1) is 14.5. The van der Waals surface area contributed by atoms with Gasteiger partial charge in [0.1, 0.15) is 0 Å². The van der Waals surface area contributed by atoms with Gasteiger partial charge in [-0.05, 0) is 56.2 Å². The molecule has 2 aromatic carbocycles. The Hall–Kier alpha value is -3.35. The van der Waals surface area contributed by atoms with E-state index < -0.39 is 0 Å². The topological polar surface area (TPSA) is 77.7 Å². The molecule has 1 saturated heterocycles. The Morgan fingerprint density at radius 2 is 2.03 bits per heavy atom. The largest absolute Gasteiger partial charge is 0.493 e. The Bertz CT molecular complexity index is 1080. The predicted octanol–water partition coefficient (Wildman–Crippen LogP) is 4.28. The quantitative estimate of drug-likeness (QED) is 0.607. The van der Waals surface area contributed by atoms with Crippen LogP contribution in [-0.4, -0.2) is 36.3 Å². The number of nitrogens with zero attached hydrogens (tertiary/aromatic N) is 3. The second-order valence-corrected chi connectivity index (χ2v) is 7.38. The van der Waals surface area contributed by atoms with Crippen molar-refractivity contribution < 1.29 is 18.8 Å². The van der Waals surface area contributed by atoms with Crippen LogP contribution in [0.25, 0.3) is 11.4 Å². The summed E-state index contributed by atoms with van der Waals surface area (Å²) in [5.74, 6) is 2.14. The number of methoxy groups -OCH3 is 1. The second-order valence-electron chi connectivity index (χ2n) is 7.38. The molecule has 0 saturated carbocycles. The summed E-state index contributed by atoms with van der Waals surface area (Å²) in [4.78, 5) is 19.1. The highest BCUT2D eigenvalue weighted by molar-refractivity contribution is 5.97. The average molecular weight is 407 g/mol. The van der Waals surface area contributed by atoms with E-state index in [2.05, 4.69) is 10.1 Å². The number of rotatable bonds is 6. The number of hydrogen-bond donors (Lipinski definition) is 0. The van der Waals surface area contributed by atoms with Crippen molar-refractivity contribution in [1.82, 2.24) is 10.1 Å². The lowest BCUT2D eigenvalue weighted by Crippen LogP contribution is -2.25. The van der Waals surface area contributed by atoms with Gasteiger partial charge in [0.15, 0.2) is 11.5 Å². The number of carbonyl (C=O) groups excluding carboxylic acids is 1. The zero-order chi connectivity index (χ0) is 21.3. The third kappa shape index (κ3) is 3.63. The van der Waals surface area contributed by atoms with E-state index in [-0.39, 0.29) is 11.8 Å². The van der Waals surface area contributed by atoms with Gasteiger partial charge >= 0.3 is 0 Å². The zero-order valence-corrected chi connectivity index (χ0v) is 17.6. The molecule has 2 heterocycles. The van der Waals surface area contributed by atoms with Gasteiger partial charge in [0.2, 0.25) is 17.6 Å². The van der Waals surface area contributed by atoms with Gasteiger partial charge < -0.3 is 18.9 Å². The minimum absolute atomic E-state index is 0.0659. The Labute approximate surface area is 175 Å². The standard InChI is InChI=1S/C23H25N3O4/c1-5-29-19-10-9-16(11-20(19)28-4)22-24-23(30-25-22)17-12-21(27)26(13-17)18-8-6-7-14(2)15(18)3/h6-11,17H,5,12-13H2,1-4H3. The predicted molar refractivity (Wildman–Crippen MR) is 113 cm³/mol. The number of hydrogen-bond acceptors (Lipinski definition) is 6. The summed E-state index contributed by atoms with van der Waals surface area (Å²) in [7, 11) is 1.59. The number of benzene rings is 2. The summed E-state index contributed by atoms with van der Waals surface area (Å²) < 4.78 is 16.5. The van der Waals surface area contributed by atoms with Crippen LogP contribution < -0.4 is 14.4 Å². The highest BCUT2D eigenvalue weighted by atomic mass is 16.5. The smallest absolute Gasteiger partial charge is 0.232 e. The molecule has 156 valence electrons. The van der Waals surface area contributed by atoms with Gasteiger partial charge in [-0.25, -0.2) is 0 Å². The van der Waals surface area contributed by atoms with E-state index in [1.807, 2.05) is 62.1 Å². The number of ether oxygens (including phenoxy) is 2. The molecule has 7 nitrogen and oxygen atoms in total. The summed E-state index contributed by atoms with van der Waals surface area (Å²) in [5.41, 5.74) is 3.98. The van der Waals surface area contributed by atoms with E-state index in [0.717, 1.165) is 22.4 Å². The molecule has 1 amide bonds. The van der Waals surface area contributed by atoms with Crippen molar-refractivity contribution in [3.05, 3.63) is 53.4 Å². The third-order valence-electron chi connectivity index (χ3n) is 5.50. The molecule has 1 aliphatic rings. The van der Waals surface area contributed by atoms with Crippen LogP contribution in [0, 0.1) is 13.8 Å². The minimum Gasteiger partial charge on any atom is -0.493 e. The molecule has 7 heteroatoms. The molecule has 0 N–H and O–H groups in total. The molecule has 30 heavy (non-hydrogen) atoms. The van der Waals surface area contributed by atoms with Gasteiger partial charge in [-0.3, -0.25) is 4.79 Å². The number of amides is 1. The molecule has 0 bridgehead atoms. The van der Waals surface area contributed by atoms with Crippen LogP contribution in [-0.2, 0) is 4.79 Å². The zero-order valence-electron chi connectivity index (χ0n) is 17.6. The molecule has 1 aliphatic heterocycles. The highest BCUT2D eigenvalue weighted by Gasteiger charge is 2.35. The molecule has 1 unspecified atom stereocenters. The van der Waals surface area contributed by atoms with Crippen molar-refractivity contribution in [3.8, 4) is 22.9 Å². The molecule has 0 spiro atoms. The fourth-order valence-corrected chi connectivity index (χ4v) is 3.73. The van der Waals surface area contributed by atoms with Crippen LogP contribution in [0.3, 0.4) is 0 Å². The SMILES string of the molecule is CCOc1ccc(-c2noc(C3CC(=O)N(c4cccc(C)c4C)C3)n2)cc1OC. The number of carbonyl (C=O) groups is 1. The summed E-state index contributed by atoms with van der Waals surface area (Å²) in [6.45, 7) is 7.08. The Kier molecular flexibility index (Phi) is 5.44. The maximum absolute atomic E-state index is 12.7. The molecule has 1 atom stereocenters.